The van der Waals surface area contributed by atoms with Gasteiger partial charge in [-0.15, -0.1) is 0 Å². The molecule has 2 N–H and O–H groups in total. The summed E-state index contributed by atoms with van der Waals surface area (Å²) in [5.41, 5.74) is 2.36. The highest BCUT2D eigenvalue weighted by Crippen LogP contribution is 2.17. The van der Waals surface area contributed by atoms with Crippen molar-refractivity contribution in [2.45, 2.75) is 6.42 Å². The number of anilines is 2. The topological polar surface area (TPSA) is 85.4 Å². The number of hydrogen-bond acceptors (Lipinski definition) is 6. The average molecular weight is 378 g/mol. The van der Waals surface area contributed by atoms with Crippen LogP contribution in [0.4, 0.5) is 11.6 Å². The molecule has 1 aromatic heterocycles. The second-order valence-corrected chi connectivity index (χ2v) is 6.00. The van der Waals surface area contributed by atoms with Crippen LogP contribution in [0.2, 0.25) is 0 Å². The molecule has 0 aliphatic rings. The number of methoxy groups -OCH3 is 2. The highest BCUT2D eigenvalue weighted by Gasteiger charge is 2.07. The summed E-state index contributed by atoms with van der Waals surface area (Å²) in [6.07, 6.45) is 3.73. The van der Waals surface area contributed by atoms with E-state index < -0.39 is 0 Å². The van der Waals surface area contributed by atoms with Gasteiger partial charge in [0.15, 0.2) is 0 Å². The number of amides is 1. The van der Waals surface area contributed by atoms with Crippen LogP contribution in [0.5, 0.6) is 11.5 Å². The zero-order chi connectivity index (χ0) is 19.8. The number of rotatable bonds is 8. The lowest BCUT2D eigenvalue weighted by Crippen LogP contribution is -2.26. The van der Waals surface area contributed by atoms with E-state index in [-0.39, 0.29) is 5.91 Å². The van der Waals surface area contributed by atoms with Crippen LogP contribution in [-0.2, 0) is 6.42 Å². The van der Waals surface area contributed by atoms with Crippen molar-refractivity contribution < 1.29 is 14.3 Å². The second kappa shape index (κ2) is 9.36. The second-order valence-electron chi connectivity index (χ2n) is 6.00. The van der Waals surface area contributed by atoms with E-state index in [1.165, 1.54) is 12.4 Å². The molecule has 3 rings (SSSR count). The van der Waals surface area contributed by atoms with Crippen LogP contribution in [0.15, 0.2) is 60.9 Å². The Morgan fingerprint density at radius 2 is 1.46 bits per heavy atom. The standard InChI is InChI=1S/C21H22N4O3/c1-27-18-7-3-15(4-8-18)11-12-22-20(26)16-13-23-21(24-14-16)25-17-5-9-19(28-2)10-6-17/h3-10,13-14H,11-12H2,1-2H3,(H,22,26)(H,23,24,25). The summed E-state index contributed by atoms with van der Waals surface area (Å²) in [6.45, 7) is 0.525. The van der Waals surface area contributed by atoms with Crippen LogP contribution in [-0.4, -0.2) is 36.6 Å². The highest BCUT2D eigenvalue weighted by atomic mass is 16.5. The van der Waals surface area contributed by atoms with Crippen LogP contribution >= 0.6 is 0 Å². The van der Waals surface area contributed by atoms with Crippen molar-refractivity contribution >= 4 is 17.5 Å². The molecule has 0 fully saturated rings. The van der Waals surface area contributed by atoms with Crippen LogP contribution in [0.3, 0.4) is 0 Å². The van der Waals surface area contributed by atoms with E-state index in [2.05, 4.69) is 20.6 Å². The van der Waals surface area contributed by atoms with Crippen molar-refractivity contribution in [3.8, 4) is 11.5 Å². The number of aromatic nitrogens is 2. The first-order valence-electron chi connectivity index (χ1n) is 8.82. The maximum atomic E-state index is 12.2. The van der Waals surface area contributed by atoms with Crippen LogP contribution in [0.25, 0.3) is 0 Å². The summed E-state index contributed by atoms with van der Waals surface area (Å²) >= 11 is 0. The molecule has 1 heterocycles. The predicted molar refractivity (Wildman–Crippen MR) is 107 cm³/mol. The number of nitrogens with zero attached hydrogens (tertiary/aromatic N) is 2. The Labute approximate surface area is 163 Å². The summed E-state index contributed by atoms with van der Waals surface area (Å²) in [5.74, 6) is 1.80. The van der Waals surface area contributed by atoms with Gasteiger partial charge in [0, 0.05) is 24.6 Å². The molecular weight excluding hydrogens is 356 g/mol. The third-order valence-electron chi connectivity index (χ3n) is 4.12. The zero-order valence-corrected chi connectivity index (χ0v) is 15.8. The third-order valence-corrected chi connectivity index (χ3v) is 4.12. The third kappa shape index (κ3) is 5.20. The molecular formula is C21H22N4O3. The summed E-state index contributed by atoms with van der Waals surface area (Å²) in [4.78, 5) is 20.6. The maximum absolute atomic E-state index is 12.2. The van der Waals surface area contributed by atoms with Crippen molar-refractivity contribution in [3.05, 3.63) is 72.1 Å². The Kier molecular flexibility index (Phi) is 6.41. The summed E-state index contributed by atoms with van der Waals surface area (Å²) in [5, 5.41) is 5.95. The van der Waals surface area contributed by atoms with Gasteiger partial charge in [0.05, 0.1) is 19.8 Å². The molecule has 2 aromatic carbocycles. The van der Waals surface area contributed by atoms with E-state index in [0.717, 1.165) is 29.2 Å². The minimum atomic E-state index is -0.204. The molecule has 0 unspecified atom stereocenters. The molecule has 0 spiro atoms. The van der Waals surface area contributed by atoms with E-state index >= 15 is 0 Å². The molecule has 1 amide bonds. The largest absolute Gasteiger partial charge is 0.497 e. The van der Waals surface area contributed by atoms with Crippen molar-refractivity contribution in [2.24, 2.45) is 0 Å². The average Bonchev–Trinajstić information content (AvgIpc) is 2.75. The van der Waals surface area contributed by atoms with Gasteiger partial charge in [0.25, 0.3) is 5.91 Å². The number of carbonyl (C=O) groups excluding carboxylic acids is 1. The minimum Gasteiger partial charge on any atom is -0.497 e. The molecule has 0 atom stereocenters. The Bertz CT molecular complexity index is 894. The molecule has 28 heavy (non-hydrogen) atoms. The fraction of sp³-hybridized carbons (Fsp3) is 0.190. The van der Waals surface area contributed by atoms with Crippen molar-refractivity contribution in [1.82, 2.24) is 15.3 Å². The molecule has 0 aliphatic carbocycles. The number of ether oxygens (including phenoxy) is 2. The number of benzene rings is 2. The number of nitrogens with one attached hydrogen (secondary N) is 2. The van der Waals surface area contributed by atoms with E-state index in [9.17, 15) is 4.79 Å². The maximum Gasteiger partial charge on any atom is 0.254 e. The molecule has 0 aliphatic heterocycles. The van der Waals surface area contributed by atoms with Crippen LogP contribution < -0.4 is 20.1 Å². The summed E-state index contributed by atoms with van der Waals surface area (Å²) < 4.78 is 10.3. The highest BCUT2D eigenvalue weighted by molar-refractivity contribution is 5.93. The summed E-state index contributed by atoms with van der Waals surface area (Å²) in [7, 11) is 3.25. The van der Waals surface area contributed by atoms with Gasteiger partial charge in [0.1, 0.15) is 11.5 Å². The Balaban J connectivity index is 1.49. The van der Waals surface area contributed by atoms with Gasteiger partial charge < -0.3 is 20.1 Å². The first-order chi connectivity index (χ1) is 13.7. The van der Waals surface area contributed by atoms with Gasteiger partial charge in [0.2, 0.25) is 5.95 Å². The molecule has 144 valence electrons. The first kappa shape index (κ1) is 19.2. The predicted octanol–water partition coefficient (Wildman–Crippen LogP) is 3.21. The normalized spacial score (nSPS) is 10.2. The van der Waals surface area contributed by atoms with Crippen LogP contribution in [0, 0.1) is 0 Å². The Morgan fingerprint density at radius 1 is 0.893 bits per heavy atom. The first-order valence-corrected chi connectivity index (χ1v) is 8.82. The van der Waals surface area contributed by atoms with Gasteiger partial charge in [-0.3, -0.25) is 4.79 Å². The van der Waals surface area contributed by atoms with E-state index in [1.807, 2.05) is 48.5 Å². The molecule has 0 saturated carbocycles. The molecule has 0 saturated heterocycles. The van der Waals surface area contributed by atoms with Gasteiger partial charge in [-0.05, 0) is 48.4 Å². The SMILES string of the molecule is COc1ccc(CCNC(=O)c2cnc(Nc3ccc(OC)cc3)nc2)cc1. The van der Waals surface area contributed by atoms with Crippen LogP contribution in [0.1, 0.15) is 15.9 Å². The Morgan fingerprint density at radius 3 is 2.04 bits per heavy atom. The molecule has 3 aromatic rings. The number of carbonyl (C=O) groups is 1. The van der Waals surface area contributed by atoms with Gasteiger partial charge in [-0.25, -0.2) is 9.97 Å². The van der Waals surface area contributed by atoms with Crippen molar-refractivity contribution in [3.63, 3.8) is 0 Å². The minimum absolute atomic E-state index is 0.204. The Hall–Kier alpha value is -3.61. The summed E-state index contributed by atoms with van der Waals surface area (Å²) in [6, 6.07) is 15.2. The lowest BCUT2D eigenvalue weighted by Gasteiger charge is -2.08. The van der Waals surface area contributed by atoms with Gasteiger partial charge in [-0.1, -0.05) is 12.1 Å². The number of hydrogen-bond donors (Lipinski definition) is 2. The molecule has 7 nitrogen and oxygen atoms in total. The van der Waals surface area contributed by atoms with Gasteiger partial charge in [-0.2, -0.15) is 0 Å². The van der Waals surface area contributed by atoms with Crippen molar-refractivity contribution in [2.75, 3.05) is 26.1 Å². The lowest BCUT2D eigenvalue weighted by molar-refractivity contribution is 0.0953. The molecule has 0 bridgehead atoms. The smallest absolute Gasteiger partial charge is 0.254 e. The fourth-order valence-corrected chi connectivity index (χ4v) is 2.53. The molecule has 0 radical (unpaired) electrons. The van der Waals surface area contributed by atoms with E-state index in [4.69, 9.17) is 9.47 Å². The van der Waals surface area contributed by atoms with E-state index in [0.29, 0.717) is 18.1 Å². The van der Waals surface area contributed by atoms with Gasteiger partial charge >= 0.3 is 0 Å². The zero-order valence-electron chi connectivity index (χ0n) is 15.8. The quantitative estimate of drug-likeness (QED) is 0.626. The molecule has 7 heteroatoms. The lowest BCUT2D eigenvalue weighted by atomic mass is 10.1. The van der Waals surface area contributed by atoms with E-state index in [1.54, 1.807) is 14.2 Å². The van der Waals surface area contributed by atoms with Crippen molar-refractivity contribution in [1.29, 1.82) is 0 Å². The monoisotopic (exact) mass is 378 g/mol. The fourth-order valence-electron chi connectivity index (χ4n) is 2.53.